The number of rotatable bonds is 3. The first kappa shape index (κ1) is 14.5. The minimum atomic E-state index is -0.817. The fourth-order valence-corrected chi connectivity index (χ4v) is 2.52. The lowest BCUT2D eigenvalue weighted by atomic mass is 9.99. The second-order valence-corrected chi connectivity index (χ2v) is 5.73. The van der Waals surface area contributed by atoms with E-state index < -0.39 is 6.10 Å². The Morgan fingerprint density at radius 2 is 2.05 bits per heavy atom. The molecule has 2 rings (SSSR count). The topological polar surface area (TPSA) is 20.2 Å². The fraction of sp³-hybridized carbons (Fsp3) is 0.200. The van der Waals surface area contributed by atoms with Crippen molar-refractivity contribution >= 4 is 27.5 Å². The summed E-state index contributed by atoms with van der Waals surface area (Å²) in [6, 6.07) is 10.3. The van der Waals surface area contributed by atoms with Crippen LogP contribution in [-0.4, -0.2) is 5.11 Å². The van der Waals surface area contributed by atoms with E-state index in [1.165, 1.54) is 6.07 Å². The zero-order valence-electron chi connectivity index (χ0n) is 10.3. The van der Waals surface area contributed by atoms with Crippen molar-refractivity contribution in [1.82, 2.24) is 0 Å². The average Bonchev–Trinajstić information content (AvgIpc) is 2.36. The number of halogens is 3. The van der Waals surface area contributed by atoms with Crippen LogP contribution in [0.5, 0.6) is 0 Å². The molecular formula is C15H13BrClFO. The molecule has 0 aliphatic rings. The number of hydrogen-bond acceptors (Lipinski definition) is 1. The van der Waals surface area contributed by atoms with Gasteiger partial charge < -0.3 is 5.11 Å². The number of aliphatic hydroxyl groups is 1. The molecule has 0 saturated heterocycles. The predicted octanol–water partition coefficient (Wildman–Crippen LogP) is 4.83. The van der Waals surface area contributed by atoms with Crippen LogP contribution in [0.15, 0.2) is 40.9 Å². The van der Waals surface area contributed by atoms with Crippen molar-refractivity contribution in [3.63, 3.8) is 0 Å². The van der Waals surface area contributed by atoms with E-state index in [0.29, 0.717) is 20.6 Å². The van der Waals surface area contributed by atoms with Gasteiger partial charge in [-0.15, -0.1) is 0 Å². The molecule has 100 valence electrons. The lowest BCUT2D eigenvalue weighted by Gasteiger charge is -2.14. The third-order valence-corrected chi connectivity index (χ3v) is 4.02. The van der Waals surface area contributed by atoms with E-state index in [2.05, 4.69) is 15.9 Å². The molecule has 0 bridgehead atoms. The summed E-state index contributed by atoms with van der Waals surface area (Å²) in [4.78, 5) is 0. The average molecular weight is 344 g/mol. The lowest BCUT2D eigenvalue weighted by Crippen LogP contribution is -2.05. The van der Waals surface area contributed by atoms with Gasteiger partial charge in [0.15, 0.2) is 0 Å². The Balaban J connectivity index is 2.25. The van der Waals surface area contributed by atoms with Crippen molar-refractivity contribution in [3.8, 4) is 0 Å². The van der Waals surface area contributed by atoms with Crippen LogP contribution in [0.2, 0.25) is 5.02 Å². The highest BCUT2D eigenvalue weighted by Gasteiger charge is 2.15. The van der Waals surface area contributed by atoms with Crippen LogP contribution >= 0.6 is 27.5 Å². The summed E-state index contributed by atoms with van der Waals surface area (Å²) in [7, 11) is 0. The molecular weight excluding hydrogens is 331 g/mol. The first-order valence-corrected chi connectivity index (χ1v) is 7.03. The van der Waals surface area contributed by atoms with E-state index in [-0.39, 0.29) is 12.2 Å². The van der Waals surface area contributed by atoms with Crippen LogP contribution in [-0.2, 0) is 6.42 Å². The molecule has 1 N–H and O–H groups in total. The van der Waals surface area contributed by atoms with Gasteiger partial charge in [0.1, 0.15) is 5.82 Å². The highest BCUT2D eigenvalue weighted by atomic mass is 79.9. The Morgan fingerprint density at radius 3 is 2.74 bits per heavy atom. The second kappa shape index (κ2) is 6.04. The second-order valence-electron chi connectivity index (χ2n) is 4.43. The number of aliphatic hydroxyl groups excluding tert-OH is 1. The van der Waals surface area contributed by atoms with Crippen LogP contribution in [0.25, 0.3) is 0 Å². The molecule has 0 saturated carbocycles. The van der Waals surface area contributed by atoms with Crippen LogP contribution in [0.3, 0.4) is 0 Å². The SMILES string of the molecule is Cc1cccc(C(O)Cc2ccc(Br)cc2F)c1Cl. The van der Waals surface area contributed by atoms with Gasteiger partial charge in [0.05, 0.1) is 6.10 Å². The molecule has 0 heterocycles. The zero-order chi connectivity index (χ0) is 14.0. The maximum absolute atomic E-state index is 13.7. The molecule has 0 radical (unpaired) electrons. The largest absolute Gasteiger partial charge is 0.388 e. The maximum atomic E-state index is 13.7. The summed E-state index contributed by atoms with van der Waals surface area (Å²) in [6.45, 7) is 1.87. The third-order valence-electron chi connectivity index (χ3n) is 3.01. The molecule has 0 amide bonds. The Morgan fingerprint density at radius 1 is 1.32 bits per heavy atom. The summed E-state index contributed by atoms with van der Waals surface area (Å²) in [5, 5.41) is 10.7. The van der Waals surface area contributed by atoms with Gasteiger partial charge in [-0.05, 0) is 35.7 Å². The summed E-state index contributed by atoms with van der Waals surface area (Å²) in [6.07, 6.45) is -0.620. The Hall–Kier alpha value is -0.900. The maximum Gasteiger partial charge on any atom is 0.127 e. The van der Waals surface area contributed by atoms with E-state index in [1.807, 2.05) is 19.1 Å². The molecule has 0 aromatic heterocycles. The van der Waals surface area contributed by atoms with Crippen molar-refractivity contribution in [2.45, 2.75) is 19.4 Å². The van der Waals surface area contributed by atoms with Crippen molar-refractivity contribution in [2.75, 3.05) is 0 Å². The molecule has 0 spiro atoms. The third kappa shape index (κ3) is 3.35. The standard InChI is InChI=1S/C15H13BrClFO/c1-9-3-2-4-12(15(9)17)14(19)7-10-5-6-11(16)8-13(10)18/h2-6,8,14,19H,7H2,1H3. The number of hydrogen-bond donors (Lipinski definition) is 1. The fourth-order valence-electron chi connectivity index (χ4n) is 1.93. The molecule has 0 aliphatic heterocycles. The quantitative estimate of drug-likeness (QED) is 0.846. The van der Waals surface area contributed by atoms with Crippen LogP contribution in [0.1, 0.15) is 22.8 Å². The Kier molecular flexibility index (Phi) is 4.61. The van der Waals surface area contributed by atoms with Gasteiger partial charge in [-0.3, -0.25) is 0 Å². The summed E-state index contributed by atoms with van der Waals surface area (Å²) in [5.74, 6) is -0.336. The Bertz CT molecular complexity index is 601. The van der Waals surface area contributed by atoms with Crippen LogP contribution in [0, 0.1) is 12.7 Å². The van der Waals surface area contributed by atoms with Gasteiger partial charge in [-0.25, -0.2) is 4.39 Å². The molecule has 2 aromatic rings. The van der Waals surface area contributed by atoms with Gasteiger partial charge in [0.2, 0.25) is 0 Å². The molecule has 0 fully saturated rings. The van der Waals surface area contributed by atoms with Gasteiger partial charge in [0.25, 0.3) is 0 Å². The monoisotopic (exact) mass is 342 g/mol. The van der Waals surface area contributed by atoms with Crippen molar-refractivity contribution < 1.29 is 9.50 Å². The van der Waals surface area contributed by atoms with Crippen LogP contribution < -0.4 is 0 Å². The Labute approximate surface area is 125 Å². The minimum absolute atomic E-state index is 0.197. The summed E-state index contributed by atoms with van der Waals surface area (Å²) >= 11 is 9.36. The lowest BCUT2D eigenvalue weighted by molar-refractivity contribution is 0.177. The first-order chi connectivity index (χ1) is 8.99. The van der Waals surface area contributed by atoms with Gasteiger partial charge >= 0.3 is 0 Å². The highest BCUT2D eigenvalue weighted by Crippen LogP contribution is 2.29. The predicted molar refractivity (Wildman–Crippen MR) is 79.0 cm³/mol. The van der Waals surface area contributed by atoms with Gasteiger partial charge in [0, 0.05) is 15.9 Å². The van der Waals surface area contributed by atoms with Gasteiger partial charge in [-0.1, -0.05) is 51.8 Å². The van der Waals surface area contributed by atoms with Crippen molar-refractivity contribution in [1.29, 1.82) is 0 Å². The summed E-state index contributed by atoms with van der Waals surface area (Å²) in [5.41, 5.74) is 1.99. The zero-order valence-corrected chi connectivity index (χ0v) is 12.7. The van der Waals surface area contributed by atoms with Crippen molar-refractivity contribution in [3.05, 3.63) is 68.4 Å². The molecule has 2 aromatic carbocycles. The molecule has 19 heavy (non-hydrogen) atoms. The molecule has 1 nitrogen and oxygen atoms in total. The normalized spacial score (nSPS) is 12.5. The van der Waals surface area contributed by atoms with E-state index in [1.54, 1.807) is 18.2 Å². The smallest absolute Gasteiger partial charge is 0.127 e. The molecule has 4 heteroatoms. The van der Waals surface area contributed by atoms with E-state index in [9.17, 15) is 9.50 Å². The number of aryl methyl sites for hydroxylation is 1. The van der Waals surface area contributed by atoms with Crippen molar-refractivity contribution in [2.24, 2.45) is 0 Å². The highest BCUT2D eigenvalue weighted by molar-refractivity contribution is 9.10. The summed E-state index contributed by atoms with van der Waals surface area (Å²) < 4.78 is 14.4. The molecule has 0 aliphatic carbocycles. The molecule has 1 unspecified atom stereocenters. The first-order valence-electron chi connectivity index (χ1n) is 5.86. The van der Waals surface area contributed by atoms with Crippen LogP contribution in [0.4, 0.5) is 4.39 Å². The molecule has 1 atom stereocenters. The van der Waals surface area contributed by atoms with E-state index in [4.69, 9.17) is 11.6 Å². The van der Waals surface area contributed by atoms with E-state index >= 15 is 0 Å². The minimum Gasteiger partial charge on any atom is -0.388 e. The van der Waals surface area contributed by atoms with Gasteiger partial charge in [-0.2, -0.15) is 0 Å². The van der Waals surface area contributed by atoms with E-state index in [0.717, 1.165) is 5.56 Å². The number of benzene rings is 2.